The number of aromatic nitrogens is 1. The molecule has 0 unspecified atom stereocenters. The molecule has 1 saturated heterocycles. The number of hydrogen-bond acceptors (Lipinski definition) is 5. The largest absolute Gasteiger partial charge is 0.379 e. The fraction of sp³-hybridized carbons (Fsp3) is 0.571. The van der Waals surface area contributed by atoms with Gasteiger partial charge in [0.2, 0.25) is 5.91 Å². The lowest BCUT2D eigenvalue weighted by molar-refractivity contribution is -0.120. The minimum absolute atomic E-state index is 0.0100. The zero-order valence-corrected chi connectivity index (χ0v) is 11.7. The van der Waals surface area contributed by atoms with E-state index in [4.69, 9.17) is 4.74 Å². The molecule has 1 amide bonds. The van der Waals surface area contributed by atoms with Gasteiger partial charge in [-0.1, -0.05) is 6.07 Å². The summed E-state index contributed by atoms with van der Waals surface area (Å²) < 4.78 is 5.29. The van der Waals surface area contributed by atoms with Gasteiger partial charge < -0.3 is 15.4 Å². The molecule has 1 aromatic heterocycles. The van der Waals surface area contributed by atoms with Gasteiger partial charge in [0.1, 0.15) is 0 Å². The number of carbonyl (C=O) groups excluding carboxylic acids is 1. The molecule has 0 bridgehead atoms. The van der Waals surface area contributed by atoms with Crippen LogP contribution in [0.15, 0.2) is 24.5 Å². The van der Waals surface area contributed by atoms with Crippen LogP contribution in [0.5, 0.6) is 0 Å². The van der Waals surface area contributed by atoms with Crippen LogP contribution in [0, 0.1) is 0 Å². The molecule has 0 radical (unpaired) electrons. The summed E-state index contributed by atoms with van der Waals surface area (Å²) in [6.45, 7) is 6.24. The summed E-state index contributed by atoms with van der Waals surface area (Å²) in [5.41, 5.74) is 1.01. The summed E-state index contributed by atoms with van der Waals surface area (Å²) in [4.78, 5) is 18.0. The average Bonchev–Trinajstić information content (AvgIpc) is 2.52. The standard InChI is InChI=1S/C14H22N4O2/c19-14(17-11-13-2-1-3-15-10-13)12-16-4-5-18-6-8-20-9-7-18/h1-3,10,16H,4-9,11-12H2,(H,17,19). The smallest absolute Gasteiger partial charge is 0.234 e. The highest BCUT2D eigenvalue weighted by molar-refractivity contribution is 5.77. The monoisotopic (exact) mass is 278 g/mol. The van der Waals surface area contributed by atoms with Gasteiger partial charge >= 0.3 is 0 Å². The van der Waals surface area contributed by atoms with Gasteiger partial charge in [0.15, 0.2) is 0 Å². The maximum atomic E-state index is 11.6. The van der Waals surface area contributed by atoms with Gasteiger partial charge in [0.05, 0.1) is 19.8 Å². The Hall–Kier alpha value is -1.50. The quantitative estimate of drug-likeness (QED) is 0.666. The Kier molecular flexibility index (Phi) is 6.43. The lowest BCUT2D eigenvalue weighted by Gasteiger charge is -2.26. The molecule has 0 aliphatic carbocycles. The fourth-order valence-electron chi connectivity index (χ4n) is 2.03. The Balaban J connectivity index is 1.51. The first kappa shape index (κ1) is 14.9. The maximum absolute atomic E-state index is 11.6. The molecule has 1 aromatic rings. The Bertz CT molecular complexity index is 393. The minimum atomic E-state index is 0.0100. The normalized spacial score (nSPS) is 16.0. The van der Waals surface area contributed by atoms with Crippen molar-refractivity contribution in [2.45, 2.75) is 6.54 Å². The SMILES string of the molecule is O=C(CNCCN1CCOCC1)NCc1cccnc1. The van der Waals surface area contributed by atoms with Crippen LogP contribution in [0.1, 0.15) is 5.56 Å². The van der Waals surface area contributed by atoms with Crippen molar-refractivity contribution in [2.75, 3.05) is 45.9 Å². The van der Waals surface area contributed by atoms with Crippen LogP contribution in [0.4, 0.5) is 0 Å². The molecule has 2 N–H and O–H groups in total. The van der Waals surface area contributed by atoms with Gasteiger partial charge in [-0.3, -0.25) is 14.7 Å². The van der Waals surface area contributed by atoms with Gasteiger partial charge in [0, 0.05) is 45.1 Å². The Morgan fingerprint density at radius 3 is 3.00 bits per heavy atom. The van der Waals surface area contributed by atoms with Crippen molar-refractivity contribution in [1.82, 2.24) is 20.5 Å². The first-order valence-corrected chi connectivity index (χ1v) is 7.01. The van der Waals surface area contributed by atoms with E-state index >= 15 is 0 Å². The molecule has 0 atom stereocenters. The van der Waals surface area contributed by atoms with Crippen LogP contribution >= 0.6 is 0 Å². The van der Waals surface area contributed by atoms with E-state index in [0.29, 0.717) is 13.1 Å². The third kappa shape index (κ3) is 5.64. The van der Waals surface area contributed by atoms with E-state index < -0.39 is 0 Å². The highest BCUT2D eigenvalue weighted by Gasteiger charge is 2.09. The van der Waals surface area contributed by atoms with Crippen molar-refractivity contribution < 1.29 is 9.53 Å². The number of pyridine rings is 1. The van der Waals surface area contributed by atoms with Gasteiger partial charge in [-0.25, -0.2) is 0 Å². The summed E-state index contributed by atoms with van der Waals surface area (Å²) in [6.07, 6.45) is 3.48. The zero-order valence-electron chi connectivity index (χ0n) is 11.7. The van der Waals surface area contributed by atoms with Crippen molar-refractivity contribution in [3.8, 4) is 0 Å². The highest BCUT2D eigenvalue weighted by Crippen LogP contribution is 1.95. The number of rotatable bonds is 7. The molecule has 6 nitrogen and oxygen atoms in total. The summed E-state index contributed by atoms with van der Waals surface area (Å²) in [6, 6.07) is 3.81. The predicted octanol–water partition coefficient (Wildman–Crippen LogP) is -0.380. The molecule has 1 aliphatic rings. The van der Waals surface area contributed by atoms with Crippen molar-refractivity contribution in [2.24, 2.45) is 0 Å². The van der Waals surface area contributed by atoms with E-state index in [1.54, 1.807) is 12.4 Å². The van der Waals surface area contributed by atoms with Crippen LogP contribution in [0.2, 0.25) is 0 Å². The second-order valence-corrected chi connectivity index (χ2v) is 4.77. The molecule has 1 fully saturated rings. The van der Waals surface area contributed by atoms with Crippen molar-refractivity contribution in [3.63, 3.8) is 0 Å². The Morgan fingerprint density at radius 1 is 1.40 bits per heavy atom. The number of nitrogens with one attached hydrogen (secondary N) is 2. The summed E-state index contributed by atoms with van der Waals surface area (Å²) in [7, 11) is 0. The van der Waals surface area contributed by atoms with Crippen LogP contribution in [-0.2, 0) is 16.1 Å². The van der Waals surface area contributed by atoms with Crippen molar-refractivity contribution >= 4 is 5.91 Å². The highest BCUT2D eigenvalue weighted by atomic mass is 16.5. The molecular formula is C14H22N4O2. The molecule has 2 heterocycles. The first-order chi connectivity index (χ1) is 9.84. The van der Waals surface area contributed by atoms with Crippen LogP contribution in [0.25, 0.3) is 0 Å². The third-order valence-corrected chi connectivity index (χ3v) is 3.21. The van der Waals surface area contributed by atoms with Crippen molar-refractivity contribution in [3.05, 3.63) is 30.1 Å². The molecule has 20 heavy (non-hydrogen) atoms. The average molecular weight is 278 g/mol. The van der Waals surface area contributed by atoms with Crippen LogP contribution in [-0.4, -0.2) is 61.7 Å². The summed E-state index contributed by atoms with van der Waals surface area (Å²) in [5.74, 6) is 0.0100. The van der Waals surface area contributed by atoms with Crippen molar-refractivity contribution in [1.29, 1.82) is 0 Å². The number of morpholine rings is 1. The molecular weight excluding hydrogens is 256 g/mol. The molecule has 110 valence electrons. The van der Waals surface area contributed by atoms with Gasteiger partial charge in [-0.05, 0) is 11.6 Å². The molecule has 2 rings (SSSR count). The Morgan fingerprint density at radius 2 is 2.25 bits per heavy atom. The number of nitrogens with zero attached hydrogens (tertiary/aromatic N) is 2. The van der Waals surface area contributed by atoms with Crippen LogP contribution < -0.4 is 10.6 Å². The number of amides is 1. The molecule has 0 spiro atoms. The van der Waals surface area contributed by atoms with E-state index in [2.05, 4.69) is 20.5 Å². The molecule has 0 saturated carbocycles. The second-order valence-electron chi connectivity index (χ2n) is 4.77. The second kappa shape index (κ2) is 8.63. The molecule has 0 aromatic carbocycles. The van der Waals surface area contributed by atoms with Crippen LogP contribution in [0.3, 0.4) is 0 Å². The molecule has 6 heteroatoms. The topological polar surface area (TPSA) is 66.5 Å². The summed E-state index contributed by atoms with van der Waals surface area (Å²) in [5, 5.41) is 6.02. The number of carbonyl (C=O) groups is 1. The van der Waals surface area contributed by atoms with E-state index in [1.807, 2.05) is 12.1 Å². The van der Waals surface area contributed by atoms with Gasteiger partial charge in [0.25, 0.3) is 0 Å². The van der Waals surface area contributed by atoms with E-state index in [-0.39, 0.29) is 5.91 Å². The molecule has 1 aliphatic heterocycles. The Labute approximate surface area is 119 Å². The maximum Gasteiger partial charge on any atom is 0.234 e. The van der Waals surface area contributed by atoms with E-state index in [9.17, 15) is 4.79 Å². The van der Waals surface area contributed by atoms with E-state index in [1.165, 1.54) is 0 Å². The number of hydrogen-bond donors (Lipinski definition) is 2. The third-order valence-electron chi connectivity index (χ3n) is 3.21. The lowest BCUT2D eigenvalue weighted by atomic mass is 10.3. The predicted molar refractivity (Wildman–Crippen MR) is 76.2 cm³/mol. The fourth-order valence-corrected chi connectivity index (χ4v) is 2.03. The zero-order chi connectivity index (χ0) is 14.0. The van der Waals surface area contributed by atoms with E-state index in [0.717, 1.165) is 45.0 Å². The summed E-state index contributed by atoms with van der Waals surface area (Å²) >= 11 is 0. The van der Waals surface area contributed by atoms with Gasteiger partial charge in [-0.15, -0.1) is 0 Å². The first-order valence-electron chi connectivity index (χ1n) is 7.01. The minimum Gasteiger partial charge on any atom is -0.379 e. The number of ether oxygens (including phenoxy) is 1. The lowest BCUT2D eigenvalue weighted by Crippen LogP contribution is -2.42. The van der Waals surface area contributed by atoms with Gasteiger partial charge in [-0.2, -0.15) is 0 Å².